The molecule has 0 bridgehead atoms. The van der Waals surface area contributed by atoms with E-state index in [0.717, 1.165) is 22.2 Å². The van der Waals surface area contributed by atoms with Crippen LogP contribution in [0.2, 0.25) is 0 Å². The maximum Gasteiger partial charge on any atom is 0.300 e. The van der Waals surface area contributed by atoms with Crippen LogP contribution >= 0.6 is 0 Å². The van der Waals surface area contributed by atoms with Gasteiger partial charge < -0.3 is 24.1 Å². The van der Waals surface area contributed by atoms with Crippen LogP contribution in [0.1, 0.15) is 12.0 Å². The van der Waals surface area contributed by atoms with E-state index in [9.17, 15) is 14.0 Å². The molecule has 10 nitrogen and oxygen atoms in total. The number of aromatic amines is 1. The highest BCUT2D eigenvalue weighted by molar-refractivity contribution is 5.96. The van der Waals surface area contributed by atoms with Crippen LogP contribution < -0.4 is 25.1 Å². The minimum Gasteiger partial charge on any atom is -0.497 e. The largest absolute Gasteiger partial charge is 0.497 e. The summed E-state index contributed by atoms with van der Waals surface area (Å²) < 4.78 is 31.2. The van der Waals surface area contributed by atoms with Gasteiger partial charge in [0.25, 0.3) is 11.6 Å². The molecule has 36 heavy (non-hydrogen) atoms. The van der Waals surface area contributed by atoms with Crippen LogP contribution in [-0.4, -0.2) is 45.8 Å². The van der Waals surface area contributed by atoms with Crippen molar-refractivity contribution in [2.75, 3.05) is 19.5 Å². The zero-order valence-corrected chi connectivity index (χ0v) is 19.9. The molecular formula is C25H24FN5O5. The van der Waals surface area contributed by atoms with Crippen molar-refractivity contribution >= 4 is 22.6 Å². The number of rotatable bonds is 8. The summed E-state index contributed by atoms with van der Waals surface area (Å²) in [5.74, 6) is 0.127. The first-order chi connectivity index (χ1) is 17.4. The Morgan fingerprint density at radius 2 is 1.97 bits per heavy atom. The van der Waals surface area contributed by atoms with E-state index in [1.165, 1.54) is 7.11 Å². The lowest BCUT2D eigenvalue weighted by Gasteiger charge is -2.11. The fraction of sp³-hybridized carbons (Fsp3) is 0.280. The average molecular weight is 493 g/mol. The summed E-state index contributed by atoms with van der Waals surface area (Å²) in [6, 6.07) is 10.8. The van der Waals surface area contributed by atoms with Gasteiger partial charge in [0.2, 0.25) is 11.8 Å². The van der Waals surface area contributed by atoms with E-state index in [0.29, 0.717) is 11.5 Å². The van der Waals surface area contributed by atoms with Crippen LogP contribution in [0.15, 0.2) is 47.4 Å². The number of hydrogen-bond donors (Lipinski definition) is 2. The normalized spacial score (nSPS) is 16.6. The van der Waals surface area contributed by atoms with E-state index in [4.69, 9.17) is 14.2 Å². The van der Waals surface area contributed by atoms with Gasteiger partial charge in [0.15, 0.2) is 0 Å². The number of nitrogens with one attached hydrogen (secondary N) is 2. The molecule has 0 unspecified atom stereocenters. The molecule has 1 amide bonds. The van der Waals surface area contributed by atoms with Gasteiger partial charge >= 0.3 is 0 Å². The van der Waals surface area contributed by atoms with E-state index >= 15 is 0 Å². The first-order valence-corrected chi connectivity index (χ1v) is 11.2. The maximum absolute atomic E-state index is 13.2. The Morgan fingerprint density at radius 1 is 1.22 bits per heavy atom. The molecule has 1 aliphatic carbocycles. The fourth-order valence-electron chi connectivity index (χ4n) is 3.94. The van der Waals surface area contributed by atoms with Crippen LogP contribution in [0, 0.1) is 5.92 Å². The number of fused-ring (bicyclic) bond motifs is 1. The Balaban J connectivity index is 1.41. The SMILES string of the molecule is COc1ccc(COc2nc(OC)c(-c3cc4cc(NC(=O)[C@@H]5C[C@@H]5F)ncc4n3C)c(=O)[nH]2)cc1. The summed E-state index contributed by atoms with van der Waals surface area (Å²) in [5, 5.41) is 3.37. The van der Waals surface area contributed by atoms with Gasteiger partial charge in [-0.05, 0) is 36.2 Å². The van der Waals surface area contributed by atoms with Gasteiger partial charge in [0, 0.05) is 12.4 Å². The molecular weight excluding hydrogens is 469 g/mol. The molecule has 5 rings (SSSR count). The smallest absolute Gasteiger partial charge is 0.300 e. The van der Waals surface area contributed by atoms with Gasteiger partial charge in [-0.15, -0.1) is 0 Å². The van der Waals surface area contributed by atoms with E-state index in [-0.39, 0.29) is 30.5 Å². The van der Waals surface area contributed by atoms with Crippen LogP contribution in [0.5, 0.6) is 17.6 Å². The molecule has 0 saturated heterocycles. The van der Waals surface area contributed by atoms with Crippen LogP contribution in [-0.2, 0) is 18.4 Å². The standard InChI is InChI=1S/C25H24FN5O5/c1-31-18(8-14-9-20(27-11-19(14)31)28-22(32)16-10-17(16)26)21-23(33)29-25(30-24(21)35-3)36-12-13-4-6-15(34-2)7-5-13/h4-9,11,16-17H,10,12H2,1-3H3,(H,27,28,32)(H,29,30,33)/t16-,17+/m1/s1. The Labute approximate surface area is 205 Å². The third-order valence-corrected chi connectivity index (χ3v) is 6.08. The van der Waals surface area contributed by atoms with E-state index in [2.05, 4.69) is 20.3 Å². The van der Waals surface area contributed by atoms with Crippen molar-refractivity contribution in [3.63, 3.8) is 0 Å². The molecule has 3 heterocycles. The molecule has 3 aromatic heterocycles. The number of hydrogen-bond acceptors (Lipinski definition) is 7. The molecule has 0 spiro atoms. The number of amides is 1. The minimum atomic E-state index is -1.09. The molecule has 2 atom stereocenters. The molecule has 0 aliphatic heterocycles. The van der Waals surface area contributed by atoms with Crippen molar-refractivity contribution in [1.82, 2.24) is 19.5 Å². The summed E-state index contributed by atoms with van der Waals surface area (Å²) >= 11 is 0. The lowest BCUT2D eigenvalue weighted by molar-refractivity contribution is -0.117. The van der Waals surface area contributed by atoms with Gasteiger partial charge in [-0.1, -0.05) is 12.1 Å². The Morgan fingerprint density at radius 3 is 2.64 bits per heavy atom. The molecule has 4 aromatic rings. The first-order valence-electron chi connectivity index (χ1n) is 11.2. The Kier molecular flexibility index (Phi) is 6.05. The first kappa shape index (κ1) is 23.3. The van der Waals surface area contributed by atoms with Gasteiger partial charge in [0.05, 0.1) is 37.5 Å². The second kappa shape index (κ2) is 9.33. The highest BCUT2D eigenvalue weighted by Crippen LogP contribution is 2.35. The molecule has 1 fully saturated rings. The van der Waals surface area contributed by atoms with Crippen molar-refractivity contribution in [3.05, 3.63) is 58.5 Å². The van der Waals surface area contributed by atoms with Crippen molar-refractivity contribution in [1.29, 1.82) is 0 Å². The highest BCUT2D eigenvalue weighted by atomic mass is 19.1. The van der Waals surface area contributed by atoms with E-state index in [1.807, 2.05) is 24.3 Å². The topological polar surface area (TPSA) is 120 Å². The van der Waals surface area contributed by atoms with Gasteiger partial charge in [-0.2, -0.15) is 4.98 Å². The second-order valence-electron chi connectivity index (χ2n) is 8.46. The molecule has 11 heteroatoms. The van der Waals surface area contributed by atoms with Crippen LogP contribution in [0.3, 0.4) is 0 Å². The lowest BCUT2D eigenvalue weighted by Crippen LogP contribution is -2.16. The average Bonchev–Trinajstić information content (AvgIpc) is 3.54. The van der Waals surface area contributed by atoms with E-state index < -0.39 is 23.6 Å². The summed E-state index contributed by atoms with van der Waals surface area (Å²) in [7, 11) is 4.79. The summed E-state index contributed by atoms with van der Waals surface area (Å²) in [4.78, 5) is 36.4. The predicted molar refractivity (Wildman–Crippen MR) is 130 cm³/mol. The number of H-pyrrole nitrogens is 1. The maximum atomic E-state index is 13.2. The number of alkyl halides is 1. The molecule has 186 valence electrons. The minimum absolute atomic E-state index is 0.0214. The molecule has 1 saturated carbocycles. The second-order valence-corrected chi connectivity index (χ2v) is 8.46. The number of methoxy groups -OCH3 is 2. The van der Waals surface area contributed by atoms with Gasteiger partial charge in [0.1, 0.15) is 29.9 Å². The van der Waals surface area contributed by atoms with E-state index in [1.54, 1.807) is 37.1 Å². The fourth-order valence-corrected chi connectivity index (χ4v) is 3.94. The number of anilines is 1. The third-order valence-electron chi connectivity index (χ3n) is 6.08. The van der Waals surface area contributed by atoms with Gasteiger partial charge in [-0.3, -0.25) is 14.6 Å². The Hall–Kier alpha value is -4.41. The van der Waals surface area contributed by atoms with Gasteiger partial charge in [-0.25, -0.2) is 9.37 Å². The number of halogens is 1. The highest BCUT2D eigenvalue weighted by Gasteiger charge is 2.43. The number of aromatic nitrogens is 4. The number of ether oxygens (including phenoxy) is 3. The number of carbonyl (C=O) groups is 1. The predicted octanol–water partition coefficient (Wildman–Crippen LogP) is 3.22. The molecule has 2 N–H and O–H groups in total. The van der Waals surface area contributed by atoms with Crippen molar-refractivity contribution in [2.45, 2.75) is 19.2 Å². The monoisotopic (exact) mass is 493 g/mol. The van der Waals surface area contributed by atoms with Crippen molar-refractivity contribution in [3.8, 4) is 28.9 Å². The molecule has 0 radical (unpaired) electrons. The number of pyridine rings is 1. The third kappa shape index (κ3) is 4.47. The lowest BCUT2D eigenvalue weighted by atomic mass is 10.2. The van der Waals surface area contributed by atoms with Crippen molar-refractivity contribution < 1.29 is 23.4 Å². The quantitative estimate of drug-likeness (QED) is 0.387. The zero-order valence-electron chi connectivity index (χ0n) is 19.9. The van der Waals surface area contributed by atoms with Crippen LogP contribution in [0.4, 0.5) is 10.2 Å². The summed E-state index contributed by atoms with van der Waals surface area (Å²) in [5.41, 5.74) is 1.90. The number of carbonyl (C=O) groups excluding carboxylic acids is 1. The molecule has 1 aliphatic rings. The number of benzene rings is 1. The van der Waals surface area contributed by atoms with Crippen molar-refractivity contribution in [2.24, 2.45) is 13.0 Å². The molecule has 1 aromatic carbocycles. The zero-order chi connectivity index (χ0) is 25.4. The summed E-state index contributed by atoms with van der Waals surface area (Å²) in [6.07, 6.45) is 0.722. The summed E-state index contributed by atoms with van der Waals surface area (Å²) in [6.45, 7) is 0.188. The van der Waals surface area contributed by atoms with Crippen LogP contribution in [0.25, 0.3) is 22.2 Å². The number of aryl methyl sites for hydroxylation is 1. The Bertz CT molecular complexity index is 1500. The number of nitrogens with zero attached hydrogens (tertiary/aromatic N) is 3.